The number of aryl methyl sites for hydroxylation is 1. The fourth-order valence-corrected chi connectivity index (χ4v) is 2.32. The van der Waals surface area contributed by atoms with Gasteiger partial charge in [-0.3, -0.25) is 4.79 Å². The van der Waals surface area contributed by atoms with Gasteiger partial charge in [0.2, 0.25) is 5.91 Å². The third kappa shape index (κ3) is 6.72. The number of amides is 1. The summed E-state index contributed by atoms with van der Waals surface area (Å²) in [6.45, 7) is 0.776. The molecule has 26 heavy (non-hydrogen) atoms. The van der Waals surface area contributed by atoms with E-state index in [0.717, 1.165) is 5.56 Å². The van der Waals surface area contributed by atoms with Crippen molar-refractivity contribution in [3.05, 3.63) is 48.0 Å². The molecule has 2 aromatic rings. The molecule has 0 atom stereocenters. The van der Waals surface area contributed by atoms with Crippen LogP contribution >= 0.6 is 12.4 Å². The second kappa shape index (κ2) is 11.1. The molecule has 142 valence electrons. The zero-order valence-corrected chi connectivity index (χ0v) is 15.8. The number of anilines is 1. The van der Waals surface area contributed by atoms with Crippen molar-refractivity contribution in [3.8, 4) is 17.2 Å². The van der Waals surface area contributed by atoms with Crippen LogP contribution < -0.4 is 25.3 Å². The summed E-state index contributed by atoms with van der Waals surface area (Å²) in [7, 11) is 3.16. The summed E-state index contributed by atoms with van der Waals surface area (Å²) in [4.78, 5) is 11.9. The van der Waals surface area contributed by atoms with Gasteiger partial charge in [0.05, 0.1) is 20.8 Å². The van der Waals surface area contributed by atoms with Gasteiger partial charge in [0.1, 0.15) is 23.9 Å². The first kappa shape index (κ1) is 21.4. The van der Waals surface area contributed by atoms with Crippen LogP contribution in [-0.4, -0.2) is 33.3 Å². The van der Waals surface area contributed by atoms with Crippen LogP contribution in [0.1, 0.15) is 12.0 Å². The maximum Gasteiger partial charge on any atom is 0.220 e. The molecule has 6 nitrogen and oxygen atoms in total. The first-order valence-corrected chi connectivity index (χ1v) is 8.08. The normalized spacial score (nSPS) is 9.77. The Labute approximate surface area is 160 Å². The minimum absolute atomic E-state index is 0. The maximum atomic E-state index is 11.9. The number of rotatable bonds is 9. The molecule has 0 aliphatic heterocycles. The van der Waals surface area contributed by atoms with Gasteiger partial charge in [0.25, 0.3) is 0 Å². The highest BCUT2D eigenvalue weighted by Crippen LogP contribution is 2.27. The number of halogens is 1. The molecule has 2 aromatic carbocycles. The predicted molar refractivity (Wildman–Crippen MR) is 104 cm³/mol. The fraction of sp³-hybridized carbons (Fsp3) is 0.316. The van der Waals surface area contributed by atoms with Gasteiger partial charge in [-0.25, -0.2) is 0 Å². The van der Waals surface area contributed by atoms with E-state index in [4.69, 9.17) is 19.9 Å². The largest absolute Gasteiger partial charge is 0.496 e. The molecule has 0 saturated heterocycles. The average molecular weight is 381 g/mol. The van der Waals surface area contributed by atoms with Crippen molar-refractivity contribution in [2.24, 2.45) is 0 Å². The Kier molecular flexibility index (Phi) is 9.15. The molecule has 2 rings (SSSR count). The van der Waals surface area contributed by atoms with Crippen LogP contribution in [0.25, 0.3) is 0 Å². The first-order valence-electron chi connectivity index (χ1n) is 8.08. The van der Waals surface area contributed by atoms with E-state index in [9.17, 15) is 4.79 Å². The summed E-state index contributed by atoms with van der Waals surface area (Å²) in [6.07, 6.45) is 1.01. The number of para-hydroxylation sites is 1. The van der Waals surface area contributed by atoms with Crippen LogP contribution in [0.2, 0.25) is 0 Å². The van der Waals surface area contributed by atoms with Crippen molar-refractivity contribution >= 4 is 24.0 Å². The van der Waals surface area contributed by atoms with Crippen LogP contribution in [-0.2, 0) is 11.2 Å². The van der Waals surface area contributed by atoms with Gasteiger partial charge in [-0.05, 0) is 18.1 Å². The van der Waals surface area contributed by atoms with Crippen LogP contribution in [0.15, 0.2) is 42.5 Å². The lowest BCUT2D eigenvalue weighted by Gasteiger charge is -2.11. The summed E-state index contributed by atoms with van der Waals surface area (Å²) in [5, 5.41) is 2.83. The molecule has 0 fully saturated rings. The van der Waals surface area contributed by atoms with Crippen molar-refractivity contribution in [1.82, 2.24) is 5.32 Å². The highest BCUT2D eigenvalue weighted by atomic mass is 35.5. The van der Waals surface area contributed by atoms with Gasteiger partial charge in [-0.1, -0.05) is 18.2 Å². The van der Waals surface area contributed by atoms with Crippen molar-refractivity contribution in [3.63, 3.8) is 0 Å². The Morgan fingerprint density at radius 2 is 1.65 bits per heavy atom. The van der Waals surface area contributed by atoms with Crippen molar-refractivity contribution in [2.45, 2.75) is 12.8 Å². The molecule has 1 amide bonds. The number of nitrogens with two attached hydrogens (primary N) is 1. The van der Waals surface area contributed by atoms with Gasteiger partial charge in [0, 0.05) is 30.3 Å². The fourth-order valence-electron chi connectivity index (χ4n) is 2.32. The molecule has 0 bridgehead atoms. The second-order valence-corrected chi connectivity index (χ2v) is 5.45. The Balaban J connectivity index is 0.00000338. The number of hydrogen-bond donors (Lipinski definition) is 2. The maximum absolute atomic E-state index is 11.9. The van der Waals surface area contributed by atoms with Gasteiger partial charge in [-0.2, -0.15) is 0 Å². The zero-order chi connectivity index (χ0) is 18.1. The lowest BCUT2D eigenvalue weighted by Crippen LogP contribution is -2.28. The molecule has 0 radical (unpaired) electrons. The molecular formula is C19H25ClN2O4. The van der Waals surface area contributed by atoms with Crippen molar-refractivity contribution in [2.75, 3.05) is 33.1 Å². The van der Waals surface area contributed by atoms with Crippen molar-refractivity contribution < 1.29 is 19.0 Å². The summed E-state index contributed by atoms with van der Waals surface area (Å²) < 4.78 is 16.0. The van der Waals surface area contributed by atoms with Crippen molar-refractivity contribution in [1.29, 1.82) is 0 Å². The van der Waals surface area contributed by atoms with E-state index in [2.05, 4.69) is 5.32 Å². The number of methoxy groups -OCH3 is 2. The number of nitrogen functional groups attached to an aromatic ring is 1. The van der Waals surface area contributed by atoms with E-state index in [0.29, 0.717) is 48.9 Å². The molecule has 0 aromatic heterocycles. The molecule has 0 aliphatic carbocycles. The minimum Gasteiger partial charge on any atom is -0.496 e. The van der Waals surface area contributed by atoms with E-state index in [1.54, 1.807) is 32.4 Å². The number of carbonyl (C=O) groups excluding carboxylic acids is 1. The lowest BCUT2D eigenvalue weighted by molar-refractivity contribution is -0.121. The zero-order valence-electron chi connectivity index (χ0n) is 15.0. The third-order valence-electron chi connectivity index (χ3n) is 3.69. The Hall–Kier alpha value is -2.60. The first-order chi connectivity index (χ1) is 12.1. The van der Waals surface area contributed by atoms with E-state index >= 15 is 0 Å². The van der Waals surface area contributed by atoms with E-state index < -0.39 is 0 Å². The number of nitrogens with one attached hydrogen (secondary N) is 1. The number of benzene rings is 2. The van der Waals surface area contributed by atoms with Crippen LogP contribution in [0.4, 0.5) is 5.69 Å². The van der Waals surface area contributed by atoms with Crippen LogP contribution in [0.3, 0.4) is 0 Å². The number of hydrogen-bond acceptors (Lipinski definition) is 5. The lowest BCUT2D eigenvalue weighted by atomic mass is 10.1. The smallest absolute Gasteiger partial charge is 0.220 e. The van der Waals surface area contributed by atoms with Gasteiger partial charge < -0.3 is 25.3 Å². The minimum atomic E-state index is -0.0323. The Morgan fingerprint density at radius 1 is 1.04 bits per heavy atom. The molecule has 0 spiro atoms. The van der Waals surface area contributed by atoms with E-state index in [1.165, 1.54) is 0 Å². The highest BCUT2D eigenvalue weighted by Gasteiger charge is 2.05. The SMILES string of the molecule is COc1cc(OC)cc(OCCNC(=O)CCc2ccccc2N)c1.Cl. The third-order valence-corrected chi connectivity index (χ3v) is 3.69. The molecule has 0 unspecified atom stereocenters. The standard InChI is InChI=1S/C19H24N2O4.ClH/c1-23-15-11-16(24-2)13-17(12-15)25-10-9-21-19(22)8-7-14-5-3-4-6-18(14)20;/h3-6,11-13H,7-10,20H2,1-2H3,(H,21,22);1H. The Morgan fingerprint density at radius 3 is 2.27 bits per heavy atom. The monoisotopic (exact) mass is 380 g/mol. The predicted octanol–water partition coefficient (Wildman–Crippen LogP) is 2.84. The summed E-state index contributed by atoms with van der Waals surface area (Å²) >= 11 is 0. The molecule has 3 N–H and O–H groups in total. The van der Waals surface area contributed by atoms with Gasteiger partial charge >= 0.3 is 0 Å². The number of carbonyl (C=O) groups is 1. The van der Waals surface area contributed by atoms with E-state index in [1.807, 2.05) is 24.3 Å². The number of ether oxygens (including phenoxy) is 3. The van der Waals surface area contributed by atoms with Crippen LogP contribution in [0, 0.1) is 0 Å². The summed E-state index contributed by atoms with van der Waals surface area (Å²) in [6, 6.07) is 12.9. The van der Waals surface area contributed by atoms with Crippen LogP contribution in [0.5, 0.6) is 17.2 Å². The molecule has 0 aliphatic rings. The van der Waals surface area contributed by atoms with E-state index in [-0.39, 0.29) is 18.3 Å². The molecule has 0 heterocycles. The molecular weight excluding hydrogens is 356 g/mol. The molecule has 0 saturated carbocycles. The highest BCUT2D eigenvalue weighted by molar-refractivity contribution is 5.85. The Bertz CT molecular complexity index is 687. The topological polar surface area (TPSA) is 82.8 Å². The second-order valence-electron chi connectivity index (χ2n) is 5.45. The average Bonchev–Trinajstić information content (AvgIpc) is 2.64. The van der Waals surface area contributed by atoms with Gasteiger partial charge in [0.15, 0.2) is 0 Å². The van der Waals surface area contributed by atoms with Gasteiger partial charge in [-0.15, -0.1) is 12.4 Å². The summed E-state index contributed by atoms with van der Waals surface area (Å²) in [5.74, 6) is 1.90. The quantitative estimate of drug-likeness (QED) is 0.516. The molecule has 7 heteroatoms. The summed E-state index contributed by atoms with van der Waals surface area (Å²) in [5.41, 5.74) is 7.57.